The molecule has 0 aromatic carbocycles. The summed E-state index contributed by atoms with van der Waals surface area (Å²) in [6.45, 7) is 1.67. The number of nitrogens with two attached hydrogens (primary N) is 1. The molecule has 8 nitrogen and oxygen atoms in total. The van der Waals surface area contributed by atoms with Gasteiger partial charge in [0.2, 0.25) is 15.9 Å². The maximum atomic E-state index is 11.6. The Balaban J connectivity index is 4.27. The van der Waals surface area contributed by atoms with Crippen LogP contribution >= 0.6 is 0 Å². The maximum absolute atomic E-state index is 11.6. The molecule has 0 aromatic rings. The van der Waals surface area contributed by atoms with Crippen LogP contribution in [0.15, 0.2) is 5.16 Å². The van der Waals surface area contributed by atoms with Gasteiger partial charge in [-0.3, -0.25) is 4.79 Å². The lowest BCUT2D eigenvalue weighted by Gasteiger charge is -2.13. The fraction of sp³-hybridized carbons (Fsp3) is 0.750. The van der Waals surface area contributed by atoms with Crippen LogP contribution in [0.5, 0.6) is 0 Å². The van der Waals surface area contributed by atoms with E-state index in [4.69, 9.17) is 10.9 Å². The number of amidine groups is 1. The molecule has 0 fully saturated rings. The van der Waals surface area contributed by atoms with Gasteiger partial charge < -0.3 is 16.3 Å². The largest absolute Gasteiger partial charge is 0.409 e. The minimum Gasteiger partial charge on any atom is -0.409 e. The van der Waals surface area contributed by atoms with E-state index in [1.165, 1.54) is 7.05 Å². The first kappa shape index (κ1) is 15.7. The normalized spacial score (nSPS) is 14.4. The number of amides is 1. The van der Waals surface area contributed by atoms with Crippen LogP contribution < -0.4 is 15.8 Å². The highest BCUT2D eigenvalue weighted by atomic mass is 32.2. The first-order valence-electron chi connectivity index (χ1n) is 5.04. The molecule has 0 saturated heterocycles. The van der Waals surface area contributed by atoms with Gasteiger partial charge in [0.05, 0.1) is 11.7 Å². The molecule has 0 aromatic heterocycles. The van der Waals surface area contributed by atoms with Crippen LogP contribution in [0.25, 0.3) is 0 Å². The number of nitrogens with one attached hydrogen (secondary N) is 2. The molecule has 17 heavy (non-hydrogen) atoms. The van der Waals surface area contributed by atoms with E-state index >= 15 is 0 Å². The molecule has 0 heterocycles. The smallest absolute Gasteiger partial charge is 0.230 e. The lowest BCUT2D eigenvalue weighted by molar-refractivity contribution is -0.123. The van der Waals surface area contributed by atoms with Crippen LogP contribution in [0, 0.1) is 5.92 Å². The fourth-order valence-electron chi connectivity index (χ4n) is 1.13. The van der Waals surface area contributed by atoms with Crippen molar-refractivity contribution >= 4 is 21.8 Å². The Morgan fingerprint density at radius 1 is 1.53 bits per heavy atom. The third kappa shape index (κ3) is 5.50. The molecule has 0 radical (unpaired) electrons. The fourth-order valence-corrected chi connectivity index (χ4v) is 1.71. The Hall–Kier alpha value is -1.35. The monoisotopic (exact) mass is 266 g/mol. The second-order valence-electron chi connectivity index (χ2n) is 3.30. The number of hydrogen-bond acceptors (Lipinski definition) is 5. The van der Waals surface area contributed by atoms with Crippen molar-refractivity contribution < 1.29 is 18.4 Å². The average molecular weight is 266 g/mol. The SMILES string of the molecule is CCC(C(=O)NCCS(=O)(=O)NC)C(N)=NO. The molecule has 1 atom stereocenters. The molecule has 9 heteroatoms. The van der Waals surface area contributed by atoms with Crippen LogP contribution in [-0.2, 0) is 14.8 Å². The Labute approximate surface area is 100 Å². The zero-order valence-corrected chi connectivity index (χ0v) is 10.6. The van der Waals surface area contributed by atoms with Gasteiger partial charge in [0, 0.05) is 6.54 Å². The summed E-state index contributed by atoms with van der Waals surface area (Å²) < 4.78 is 24.2. The van der Waals surface area contributed by atoms with E-state index in [2.05, 4.69) is 15.2 Å². The van der Waals surface area contributed by atoms with Crippen molar-refractivity contribution in [2.24, 2.45) is 16.8 Å². The zero-order chi connectivity index (χ0) is 13.5. The van der Waals surface area contributed by atoms with E-state index in [0.29, 0.717) is 6.42 Å². The van der Waals surface area contributed by atoms with Crippen molar-refractivity contribution in [3.8, 4) is 0 Å². The number of sulfonamides is 1. The molecule has 0 rings (SSSR count). The van der Waals surface area contributed by atoms with Gasteiger partial charge in [-0.25, -0.2) is 13.1 Å². The van der Waals surface area contributed by atoms with Gasteiger partial charge in [-0.2, -0.15) is 0 Å². The van der Waals surface area contributed by atoms with Crippen LogP contribution in [0.3, 0.4) is 0 Å². The van der Waals surface area contributed by atoms with E-state index < -0.39 is 21.8 Å². The van der Waals surface area contributed by atoms with Gasteiger partial charge in [-0.1, -0.05) is 12.1 Å². The van der Waals surface area contributed by atoms with Gasteiger partial charge in [0.1, 0.15) is 0 Å². The number of rotatable bonds is 7. The summed E-state index contributed by atoms with van der Waals surface area (Å²) in [6.07, 6.45) is 0.362. The predicted molar refractivity (Wildman–Crippen MR) is 63.0 cm³/mol. The van der Waals surface area contributed by atoms with Crippen LogP contribution in [0.4, 0.5) is 0 Å². The van der Waals surface area contributed by atoms with E-state index in [1.807, 2.05) is 0 Å². The topological polar surface area (TPSA) is 134 Å². The molecule has 100 valence electrons. The summed E-state index contributed by atoms with van der Waals surface area (Å²) >= 11 is 0. The van der Waals surface area contributed by atoms with E-state index in [0.717, 1.165) is 0 Å². The lowest BCUT2D eigenvalue weighted by atomic mass is 10.1. The molecular weight excluding hydrogens is 248 g/mol. The van der Waals surface area contributed by atoms with E-state index in [1.54, 1.807) is 6.92 Å². The Kier molecular flexibility index (Phi) is 6.51. The number of oxime groups is 1. The minimum absolute atomic E-state index is 0.0305. The molecule has 0 bridgehead atoms. The van der Waals surface area contributed by atoms with Crippen molar-refractivity contribution in [2.45, 2.75) is 13.3 Å². The summed E-state index contributed by atoms with van der Waals surface area (Å²) in [5.74, 6) is -1.63. The molecular formula is C8H18N4O4S. The van der Waals surface area contributed by atoms with E-state index in [9.17, 15) is 13.2 Å². The predicted octanol–water partition coefficient (Wildman–Crippen LogP) is -1.58. The summed E-state index contributed by atoms with van der Waals surface area (Å²) in [7, 11) is -2.05. The quantitative estimate of drug-likeness (QED) is 0.191. The minimum atomic E-state index is -3.35. The Bertz CT molecular complexity index is 379. The second kappa shape index (κ2) is 7.07. The average Bonchev–Trinajstić information content (AvgIpc) is 2.29. The highest BCUT2D eigenvalue weighted by molar-refractivity contribution is 7.89. The van der Waals surface area contributed by atoms with Gasteiger partial charge in [-0.05, 0) is 13.5 Å². The van der Waals surface area contributed by atoms with Crippen molar-refractivity contribution in [1.82, 2.24) is 10.0 Å². The molecule has 0 aliphatic rings. The first-order valence-corrected chi connectivity index (χ1v) is 6.69. The van der Waals surface area contributed by atoms with Crippen LogP contribution in [0.1, 0.15) is 13.3 Å². The van der Waals surface area contributed by atoms with Gasteiger partial charge in [0.15, 0.2) is 5.84 Å². The third-order valence-electron chi connectivity index (χ3n) is 2.18. The summed E-state index contributed by atoms with van der Waals surface area (Å²) in [4.78, 5) is 11.6. The van der Waals surface area contributed by atoms with Crippen LogP contribution in [0.2, 0.25) is 0 Å². The zero-order valence-electron chi connectivity index (χ0n) is 9.80. The molecule has 0 aliphatic carbocycles. The van der Waals surface area contributed by atoms with Crippen molar-refractivity contribution in [3.05, 3.63) is 0 Å². The summed E-state index contributed by atoms with van der Waals surface area (Å²) in [6, 6.07) is 0. The number of carbonyl (C=O) groups is 1. The molecule has 5 N–H and O–H groups in total. The van der Waals surface area contributed by atoms with Crippen LogP contribution in [-0.4, -0.2) is 44.7 Å². The summed E-state index contributed by atoms with van der Waals surface area (Å²) in [5, 5.41) is 13.6. The second-order valence-corrected chi connectivity index (χ2v) is 5.35. The Morgan fingerprint density at radius 3 is 2.53 bits per heavy atom. The van der Waals surface area contributed by atoms with Gasteiger partial charge in [0.25, 0.3) is 0 Å². The number of carbonyl (C=O) groups excluding carboxylic acids is 1. The van der Waals surface area contributed by atoms with E-state index in [-0.39, 0.29) is 18.1 Å². The van der Waals surface area contributed by atoms with Gasteiger partial charge >= 0.3 is 0 Å². The molecule has 0 spiro atoms. The van der Waals surface area contributed by atoms with Crippen molar-refractivity contribution in [1.29, 1.82) is 0 Å². The standard InChI is InChI=1S/C8H18N4O4S/c1-3-6(7(9)12-14)8(13)11-4-5-17(15,16)10-2/h6,10,14H,3-5H2,1-2H3,(H2,9,12)(H,11,13). The third-order valence-corrected chi connectivity index (χ3v) is 3.54. The number of hydrogen-bond donors (Lipinski definition) is 4. The maximum Gasteiger partial charge on any atom is 0.230 e. The molecule has 1 amide bonds. The molecule has 1 unspecified atom stereocenters. The number of nitrogens with zero attached hydrogens (tertiary/aromatic N) is 1. The first-order chi connectivity index (χ1) is 7.87. The Morgan fingerprint density at radius 2 is 2.12 bits per heavy atom. The lowest BCUT2D eigenvalue weighted by Crippen LogP contribution is -2.41. The van der Waals surface area contributed by atoms with Crippen molar-refractivity contribution in [3.63, 3.8) is 0 Å². The molecule has 0 saturated carbocycles. The van der Waals surface area contributed by atoms with Crippen molar-refractivity contribution in [2.75, 3.05) is 19.3 Å². The summed E-state index contributed by atoms with van der Waals surface area (Å²) in [5.41, 5.74) is 5.32. The molecule has 0 aliphatic heterocycles. The van der Waals surface area contributed by atoms with Gasteiger partial charge in [-0.15, -0.1) is 0 Å². The highest BCUT2D eigenvalue weighted by Gasteiger charge is 2.21. The highest BCUT2D eigenvalue weighted by Crippen LogP contribution is 2.02.